The molecule has 1 unspecified atom stereocenters. The molecule has 6 heteroatoms. The molecule has 0 radical (unpaired) electrons. The fraction of sp³-hybridized carbons (Fsp3) is 0.286. The smallest absolute Gasteiger partial charge is 0.257 e. The fourth-order valence-corrected chi connectivity index (χ4v) is 3.31. The van der Waals surface area contributed by atoms with Crippen molar-refractivity contribution in [3.8, 4) is 11.5 Å². The van der Waals surface area contributed by atoms with Crippen molar-refractivity contribution < 1.29 is 13.7 Å². The van der Waals surface area contributed by atoms with E-state index < -0.39 is 0 Å². The number of aromatic nitrogens is 2. The van der Waals surface area contributed by atoms with Gasteiger partial charge in [-0.1, -0.05) is 36.3 Å². The average Bonchev–Trinajstić information content (AvgIpc) is 3.31. The minimum absolute atomic E-state index is 0.0444. The lowest BCUT2D eigenvalue weighted by Crippen LogP contribution is -2.24. The third-order valence-electron chi connectivity index (χ3n) is 4.92. The Hall–Kier alpha value is -3.02. The maximum Gasteiger partial charge on any atom is 0.257 e. The van der Waals surface area contributed by atoms with Crippen molar-refractivity contribution in [3.63, 3.8) is 0 Å². The molecule has 1 saturated heterocycles. The van der Waals surface area contributed by atoms with Crippen LogP contribution in [0.4, 0.5) is 4.39 Å². The number of benzene rings is 2. The molecule has 1 amide bonds. The first kappa shape index (κ1) is 17.4. The topological polar surface area (TPSA) is 59.2 Å². The van der Waals surface area contributed by atoms with Crippen LogP contribution in [0.2, 0.25) is 0 Å². The molecule has 2 heterocycles. The van der Waals surface area contributed by atoms with Gasteiger partial charge >= 0.3 is 0 Å². The summed E-state index contributed by atoms with van der Waals surface area (Å²) in [5, 5.41) is 4.09. The molecule has 0 saturated carbocycles. The third-order valence-corrected chi connectivity index (χ3v) is 4.92. The first-order chi connectivity index (χ1) is 13.1. The molecule has 4 rings (SSSR count). The normalized spacial score (nSPS) is 16.9. The van der Waals surface area contributed by atoms with Crippen LogP contribution in [-0.4, -0.2) is 27.5 Å². The summed E-state index contributed by atoms with van der Waals surface area (Å²) in [6, 6.07) is 14.2. The number of amides is 1. The van der Waals surface area contributed by atoms with Gasteiger partial charge in [0.05, 0.1) is 0 Å². The third kappa shape index (κ3) is 3.74. The van der Waals surface area contributed by atoms with Gasteiger partial charge in [0.2, 0.25) is 5.91 Å². The summed E-state index contributed by atoms with van der Waals surface area (Å²) in [6.45, 7) is 3.09. The number of aryl methyl sites for hydroxylation is 1. The largest absolute Gasteiger partial charge is 0.338 e. The highest BCUT2D eigenvalue weighted by molar-refractivity contribution is 5.79. The second-order valence-electron chi connectivity index (χ2n) is 6.81. The molecule has 1 fully saturated rings. The highest BCUT2D eigenvalue weighted by Crippen LogP contribution is 2.29. The lowest BCUT2D eigenvalue weighted by atomic mass is 10.1. The van der Waals surface area contributed by atoms with Crippen LogP contribution < -0.4 is 0 Å². The van der Waals surface area contributed by atoms with Gasteiger partial charge in [-0.15, -0.1) is 0 Å². The zero-order chi connectivity index (χ0) is 18.8. The number of nitrogens with zero attached hydrogens (tertiary/aromatic N) is 3. The SMILES string of the molecule is CCc1ccc(-c2nc(C3CC(=O)N(Cc4ccc(F)cc4)C3)no2)cc1. The van der Waals surface area contributed by atoms with Gasteiger partial charge in [0.25, 0.3) is 5.89 Å². The second-order valence-corrected chi connectivity index (χ2v) is 6.81. The molecular weight excluding hydrogens is 345 g/mol. The highest BCUT2D eigenvalue weighted by Gasteiger charge is 2.33. The van der Waals surface area contributed by atoms with Crippen molar-refractivity contribution in [2.75, 3.05) is 6.54 Å². The maximum atomic E-state index is 13.0. The standard InChI is InChI=1S/C21H20FN3O2/c1-2-14-3-7-16(8-4-14)21-23-20(24-27-21)17-11-19(26)25(13-17)12-15-5-9-18(22)10-6-15/h3-10,17H,2,11-13H2,1H3. The zero-order valence-electron chi connectivity index (χ0n) is 15.1. The molecule has 0 spiro atoms. The van der Waals surface area contributed by atoms with Crippen molar-refractivity contribution in [1.82, 2.24) is 15.0 Å². The van der Waals surface area contributed by atoms with Gasteiger partial charge in [0.15, 0.2) is 5.82 Å². The number of hydrogen-bond acceptors (Lipinski definition) is 4. The first-order valence-corrected chi connectivity index (χ1v) is 9.07. The Morgan fingerprint density at radius 1 is 1.11 bits per heavy atom. The first-order valence-electron chi connectivity index (χ1n) is 9.07. The van der Waals surface area contributed by atoms with Gasteiger partial charge < -0.3 is 9.42 Å². The molecule has 27 heavy (non-hydrogen) atoms. The number of likely N-dealkylation sites (tertiary alicyclic amines) is 1. The summed E-state index contributed by atoms with van der Waals surface area (Å²) in [6.07, 6.45) is 1.33. The number of rotatable bonds is 5. The van der Waals surface area contributed by atoms with E-state index in [0.29, 0.717) is 31.2 Å². The Balaban J connectivity index is 1.45. The van der Waals surface area contributed by atoms with E-state index in [-0.39, 0.29) is 17.6 Å². The van der Waals surface area contributed by atoms with Crippen LogP contribution in [0.3, 0.4) is 0 Å². The van der Waals surface area contributed by atoms with Gasteiger partial charge in [-0.05, 0) is 41.8 Å². The lowest BCUT2D eigenvalue weighted by molar-refractivity contribution is -0.128. The summed E-state index contributed by atoms with van der Waals surface area (Å²) in [5.41, 5.74) is 3.02. The molecule has 2 aromatic carbocycles. The van der Waals surface area contributed by atoms with Gasteiger partial charge in [0.1, 0.15) is 5.82 Å². The lowest BCUT2D eigenvalue weighted by Gasteiger charge is -2.16. The predicted molar refractivity (Wildman–Crippen MR) is 98.3 cm³/mol. The monoisotopic (exact) mass is 365 g/mol. The molecule has 1 aliphatic rings. The molecule has 138 valence electrons. The summed E-state index contributed by atoms with van der Waals surface area (Å²) in [5.74, 6) is 0.695. The van der Waals surface area contributed by atoms with Crippen LogP contribution >= 0.6 is 0 Å². The van der Waals surface area contributed by atoms with E-state index in [4.69, 9.17) is 4.52 Å². The molecule has 3 aromatic rings. The van der Waals surface area contributed by atoms with E-state index in [2.05, 4.69) is 17.1 Å². The van der Waals surface area contributed by atoms with Crippen LogP contribution in [0.1, 0.15) is 36.2 Å². The van der Waals surface area contributed by atoms with Crippen molar-refractivity contribution in [3.05, 3.63) is 71.3 Å². The van der Waals surface area contributed by atoms with Gasteiger partial charge in [0, 0.05) is 31.0 Å². The molecule has 5 nitrogen and oxygen atoms in total. The Morgan fingerprint density at radius 2 is 1.81 bits per heavy atom. The number of carbonyl (C=O) groups is 1. The van der Waals surface area contributed by atoms with E-state index >= 15 is 0 Å². The van der Waals surface area contributed by atoms with E-state index in [9.17, 15) is 9.18 Å². The van der Waals surface area contributed by atoms with E-state index in [0.717, 1.165) is 17.5 Å². The average molecular weight is 365 g/mol. The van der Waals surface area contributed by atoms with Crippen molar-refractivity contribution >= 4 is 5.91 Å². The van der Waals surface area contributed by atoms with Crippen LogP contribution in [0.5, 0.6) is 0 Å². The molecule has 0 aliphatic carbocycles. The number of carbonyl (C=O) groups excluding carboxylic acids is 1. The van der Waals surface area contributed by atoms with Gasteiger partial charge in [-0.25, -0.2) is 4.39 Å². The van der Waals surface area contributed by atoms with Crippen molar-refractivity contribution in [2.24, 2.45) is 0 Å². The minimum Gasteiger partial charge on any atom is -0.338 e. The van der Waals surface area contributed by atoms with Crippen LogP contribution in [0.15, 0.2) is 53.1 Å². The van der Waals surface area contributed by atoms with E-state index in [1.165, 1.54) is 17.7 Å². The Kier molecular flexibility index (Phi) is 4.71. The Bertz CT molecular complexity index is 935. The Labute approximate surface area is 156 Å². The quantitative estimate of drug-likeness (QED) is 0.687. The maximum absolute atomic E-state index is 13.0. The van der Waals surface area contributed by atoms with Crippen molar-refractivity contribution in [1.29, 1.82) is 0 Å². The second kappa shape index (κ2) is 7.31. The summed E-state index contributed by atoms with van der Waals surface area (Å²) in [4.78, 5) is 18.6. The predicted octanol–water partition coefficient (Wildman–Crippen LogP) is 3.95. The molecule has 0 bridgehead atoms. The van der Waals surface area contributed by atoms with Gasteiger partial charge in [-0.3, -0.25) is 4.79 Å². The number of halogens is 1. The summed E-state index contributed by atoms with van der Waals surface area (Å²) >= 11 is 0. The highest BCUT2D eigenvalue weighted by atomic mass is 19.1. The van der Waals surface area contributed by atoms with Crippen LogP contribution in [-0.2, 0) is 17.8 Å². The molecule has 1 atom stereocenters. The van der Waals surface area contributed by atoms with Gasteiger partial charge in [-0.2, -0.15) is 4.98 Å². The molecule has 1 aliphatic heterocycles. The fourth-order valence-electron chi connectivity index (χ4n) is 3.31. The van der Waals surface area contributed by atoms with Crippen molar-refractivity contribution in [2.45, 2.75) is 32.2 Å². The zero-order valence-corrected chi connectivity index (χ0v) is 15.1. The minimum atomic E-state index is -0.282. The van der Waals surface area contributed by atoms with Crippen LogP contribution in [0.25, 0.3) is 11.5 Å². The number of hydrogen-bond donors (Lipinski definition) is 0. The summed E-state index contributed by atoms with van der Waals surface area (Å²) < 4.78 is 18.4. The van der Waals surface area contributed by atoms with E-state index in [1.54, 1.807) is 17.0 Å². The van der Waals surface area contributed by atoms with Crippen LogP contribution in [0, 0.1) is 5.82 Å². The Morgan fingerprint density at radius 3 is 2.52 bits per heavy atom. The van der Waals surface area contributed by atoms with E-state index in [1.807, 2.05) is 24.3 Å². The molecule has 0 N–H and O–H groups in total. The summed E-state index contributed by atoms with van der Waals surface area (Å²) in [7, 11) is 0. The molecular formula is C21H20FN3O2. The molecule has 1 aromatic heterocycles.